The Hall–Kier alpha value is -1.18. The SMILES string of the molecule is CNC(=O)CN(C)S(=O)(=O)c1ccc(F)c(Cl)c1. The Balaban J connectivity index is 3.05. The Bertz CT molecular complexity index is 562. The van der Waals surface area contributed by atoms with Crippen molar-refractivity contribution in [2.45, 2.75) is 4.90 Å². The molecule has 0 radical (unpaired) electrons. The molecule has 0 aromatic heterocycles. The van der Waals surface area contributed by atoms with Crippen molar-refractivity contribution >= 4 is 27.5 Å². The Morgan fingerprint density at radius 3 is 2.61 bits per heavy atom. The highest BCUT2D eigenvalue weighted by atomic mass is 35.5. The molecule has 0 saturated carbocycles. The molecule has 1 aromatic rings. The number of amides is 1. The van der Waals surface area contributed by atoms with E-state index in [0.717, 1.165) is 22.5 Å². The molecule has 0 saturated heterocycles. The van der Waals surface area contributed by atoms with Crippen molar-refractivity contribution in [3.05, 3.63) is 29.0 Å². The van der Waals surface area contributed by atoms with Gasteiger partial charge in [0.25, 0.3) is 0 Å². The predicted octanol–water partition coefficient (Wildman–Crippen LogP) is 0.846. The van der Waals surface area contributed by atoms with Gasteiger partial charge in [0.1, 0.15) is 5.82 Å². The summed E-state index contributed by atoms with van der Waals surface area (Å²) in [6.45, 7) is -0.326. The number of nitrogens with one attached hydrogen (secondary N) is 1. The van der Waals surface area contributed by atoms with Gasteiger partial charge in [-0.05, 0) is 18.2 Å². The van der Waals surface area contributed by atoms with Crippen LogP contribution < -0.4 is 5.32 Å². The number of hydrogen-bond donors (Lipinski definition) is 1. The molecule has 100 valence electrons. The van der Waals surface area contributed by atoms with Gasteiger partial charge in [0.15, 0.2) is 0 Å². The first-order valence-corrected chi connectivity index (χ1v) is 6.73. The number of halogens is 2. The van der Waals surface area contributed by atoms with E-state index in [-0.39, 0.29) is 16.5 Å². The lowest BCUT2D eigenvalue weighted by atomic mass is 10.3. The molecule has 5 nitrogen and oxygen atoms in total. The third-order valence-corrected chi connectivity index (χ3v) is 4.33. The highest BCUT2D eigenvalue weighted by Gasteiger charge is 2.23. The predicted molar refractivity (Wildman–Crippen MR) is 65.3 cm³/mol. The van der Waals surface area contributed by atoms with Crippen molar-refractivity contribution < 1.29 is 17.6 Å². The van der Waals surface area contributed by atoms with Crippen molar-refractivity contribution in [2.75, 3.05) is 20.6 Å². The molecule has 0 aliphatic heterocycles. The molecule has 1 rings (SSSR count). The number of carbonyl (C=O) groups excluding carboxylic acids is 1. The lowest BCUT2D eigenvalue weighted by Gasteiger charge is -2.16. The van der Waals surface area contributed by atoms with Crippen molar-refractivity contribution in [3.8, 4) is 0 Å². The highest BCUT2D eigenvalue weighted by molar-refractivity contribution is 7.89. The number of carbonyl (C=O) groups is 1. The summed E-state index contributed by atoms with van der Waals surface area (Å²) in [5, 5.41) is 2.02. The summed E-state index contributed by atoms with van der Waals surface area (Å²) in [6.07, 6.45) is 0. The summed E-state index contributed by atoms with van der Waals surface area (Å²) in [7, 11) is -1.21. The quantitative estimate of drug-likeness (QED) is 0.895. The molecule has 0 bridgehead atoms. The van der Waals surface area contributed by atoms with Crippen LogP contribution in [0, 0.1) is 5.82 Å². The number of nitrogens with zero attached hydrogens (tertiary/aromatic N) is 1. The second kappa shape index (κ2) is 5.64. The molecule has 18 heavy (non-hydrogen) atoms. The molecule has 1 aromatic carbocycles. The van der Waals surface area contributed by atoms with Gasteiger partial charge in [-0.25, -0.2) is 12.8 Å². The van der Waals surface area contributed by atoms with Crippen molar-refractivity contribution in [2.24, 2.45) is 0 Å². The molecule has 0 aliphatic rings. The van der Waals surface area contributed by atoms with Gasteiger partial charge in [-0.2, -0.15) is 4.31 Å². The monoisotopic (exact) mass is 294 g/mol. The molecule has 0 fully saturated rings. The van der Waals surface area contributed by atoms with Gasteiger partial charge in [-0.15, -0.1) is 0 Å². The van der Waals surface area contributed by atoms with Crippen molar-refractivity contribution in [1.82, 2.24) is 9.62 Å². The van der Waals surface area contributed by atoms with E-state index in [4.69, 9.17) is 11.6 Å². The van der Waals surface area contributed by atoms with Crippen LogP contribution in [0.3, 0.4) is 0 Å². The zero-order chi connectivity index (χ0) is 13.9. The number of likely N-dealkylation sites (N-methyl/N-ethyl adjacent to an activating group) is 2. The largest absolute Gasteiger partial charge is 0.358 e. The summed E-state index contributed by atoms with van der Waals surface area (Å²) in [4.78, 5) is 11.0. The van der Waals surface area contributed by atoms with Gasteiger partial charge in [0.05, 0.1) is 16.5 Å². The fourth-order valence-electron chi connectivity index (χ4n) is 1.18. The average Bonchev–Trinajstić information content (AvgIpc) is 2.32. The zero-order valence-electron chi connectivity index (χ0n) is 9.78. The zero-order valence-corrected chi connectivity index (χ0v) is 11.3. The van der Waals surface area contributed by atoms with Crippen LogP contribution in [0.2, 0.25) is 5.02 Å². The fraction of sp³-hybridized carbons (Fsp3) is 0.300. The summed E-state index contributed by atoms with van der Waals surface area (Å²) in [6, 6.07) is 3.06. The van der Waals surface area contributed by atoms with Crippen LogP contribution in [0.15, 0.2) is 23.1 Å². The molecule has 1 N–H and O–H groups in total. The Morgan fingerprint density at radius 2 is 2.11 bits per heavy atom. The summed E-state index contributed by atoms with van der Waals surface area (Å²) < 4.78 is 37.8. The van der Waals surface area contributed by atoms with Crippen LogP contribution in [0.4, 0.5) is 4.39 Å². The van der Waals surface area contributed by atoms with Crippen LogP contribution >= 0.6 is 11.6 Å². The van der Waals surface area contributed by atoms with E-state index < -0.39 is 21.7 Å². The number of rotatable bonds is 4. The molecular formula is C10H12ClFN2O3S. The van der Waals surface area contributed by atoms with Gasteiger partial charge in [-0.1, -0.05) is 11.6 Å². The van der Waals surface area contributed by atoms with Crippen LogP contribution in [-0.4, -0.2) is 39.3 Å². The van der Waals surface area contributed by atoms with Crippen molar-refractivity contribution in [1.29, 1.82) is 0 Å². The Kier molecular flexibility index (Phi) is 4.66. The smallest absolute Gasteiger partial charge is 0.243 e. The highest BCUT2D eigenvalue weighted by Crippen LogP contribution is 2.21. The van der Waals surface area contributed by atoms with E-state index in [1.165, 1.54) is 14.1 Å². The minimum Gasteiger partial charge on any atom is -0.358 e. The van der Waals surface area contributed by atoms with Crippen LogP contribution in [0.5, 0.6) is 0 Å². The molecule has 0 spiro atoms. The topological polar surface area (TPSA) is 66.5 Å². The Morgan fingerprint density at radius 1 is 1.50 bits per heavy atom. The van der Waals surface area contributed by atoms with Crippen LogP contribution in [0.25, 0.3) is 0 Å². The van der Waals surface area contributed by atoms with E-state index in [1.807, 2.05) is 0 Å². The summed E-state index contributed by atoms with van der Waals surface area (Å²) in [5.41, 5.74) is 0. The maximum Gasteiger partial charge on any atom is 0.243 e. The molecular weight excluding hydrogens is 283 g/mol. The summed E-state index contributed by atoms with van der Waals surface area (Å²) in [5.74, 6) is -1.15. The first-order chi connectivity index (χ1) is 8.28. The molecule has 0 atom stereocenters. The molecule has 0 aliphatic carbocycles. The first-order valence-electron chi connectivity index (χ1n) is 4.91. The van der Waals surface area contributed by atoms with E-state index in [1.54, 1.807) is 0 Å². The molecule has 0 unspecified atom stereocenters. The number of benzene rings is 1. The maximum atomic E-state index is 12.9. The third-order valence-electron chi connectivity index (χ3n) is 2.24. The maximum absolute atomic E-state index is 12.9. The van der Waals surface area contributed by atoms with Gasteiger partial charge in [-0.3, -0.25) is 4.79 Å². The van der Waals surface area contributed by atoms with Crippen LogP contribution in [0.1, 0.15) is 0 Å². The molecule has 8 heteroatoms. The van der Waals surface area contributed by atoms with E-state index in [0.29, 0.717) is 0 Å². The van der Waals surface area contributed by atoms with E-state index >= 15 is 0 Å². The lowest BCUT2D eigenvalue weighted by Crippen LogP contribution is -2.36. The number of sulfonamides is 1. The van der Waals surface area contributed by atoms with Crippen molar-refractivity contribution in [3.63, 3.8) is 0 Å². The molecule has 0 heterocycles. The van der Waals surface area contributed by atoms with E-state index in [2.05, 4.69) is 5.32 Å². The minimum atomic E-state index is -3.86. The second-order valence-electron chi connectivity index (χ2n) is 3.51. The second-order valence-corrected chi connectivity index (χ2v) is 5.96. The molecule has 1 amide bonds. The standard InChI is InChI=1S/C10H12ClFN2O3S/c1-13-10(15)6-14(2)18(16,17)7-3-4-9(12)8(11)5-7/h3-5H,6H2,1-2H3,(H,13,15). The minimum absolute atomic E-state index is 0.166. The normalized spacial score (nSPS) is 11.6. The third kappa shape index (κ3) is 3.18. The van der Waals surface area contributed by atoms with Gasteiger partial charge >= 0.3 is 0 Å². The Labute approximate surface area is 110 Å². The lowest BCUT2D eigenvalue weighted by molar-refractivity contribution is -0.120. The fourth-order valence-corrected chi connectivity index (χ4v) is 2.58. The van der Waals surface area contributed by atoms with Gasteiger partial charge < -0.3 is 5.32 Å². The van der Waals surface area contributed by atoms with Gasteiger partial charge in [0.2, 0.25) is 15.9 Å². The van der Waals surface area contributed by atoms with Gasteiger partial charge in [0, 0.05) is 14.1 Å². The van der Waals surface area contributed by atoms with E-state index in [9.17, 15) is 17.6 Å². The van der Waals surface area contributed by atoms with Crippen LogP contribution in [-0.2, 0) is 14.8 Å². The number of hydrogen-bond acceptors (Lipinski definition) is 3. The first kappa shape index (κ1) is 14.9. The average molecular weight is 295 g/mol. The summed E-state index contributed by atoms with van der Waals surface area (Å²) >= 11 is 5.52.